The summed E-state index contributed by atoms with van der Waals surface area (Å²) in [6.07, 6.45) is 4.12. The van der Waals surface area contributed by atoms with Crippen LogP contribution in [-0.2, 0) is 11.3 Å². The van der Waals surface area contributed by atoms with Crippen molar-refractivity contribution >= 4 is 0 Å². The van der Waals surface area contributed by atoms with Crippen molar-refractivity contribution in [2.24, 2.45) is 11.7 Å². The van der Waals surface area contributed by atoms with Gasteiger partial charge in [-0.25, -0.2) is 0 Å². The van der Waals surface area contributed by atoms with Gasteiger partial charge >= 0.3 is 0 Å². The van der Waals surface area contributed by atoms with Gasteiger partial charge in [0.25, 0.3) is 0 Å². The van der Waals surface area contributed by atoms with Crippen LogP contribution in [0.2, 0.25) is 0 Å². The van der Waals surface area contributed by atoms with Gasteiger partial charge in [0.1, 0.15) is 0 Å². The highest BCUT2D eigenvalue weighted by atomic mass is 16.5. The van der Waals surface area contributed by atoms with Crippen molar-refractivity contribution in [3.05, 3.63) is 48.0 Å². The highest BCUT2D eigenvalue weighted by Gasteiger charge is 2.19. The largest absolute Gasteiger partial charge is 0.376 e. The molecule has 0 unspecified atom stereocenters. The molecule has 0 amide bonds. The monoisotopic (exact) mass is 189 g/mol. The Morgan fingerprint density at radius 2 is 1.93 bits per heavy atom. The lowest BCUT2D eigenvalue weighted by molar-refractivity contribution is 0.0916. The summed E-state index contributed by atoms with van der Waals surface area (Å²) in [5.41, 5.74) is 6.95. The molecule has 1 aromatic rings. The molecule has 0 bridgehead atoms. The maximum Gasteiger partial charge on any atom is 0.0717 e. The summed E-state index contributed by atoms with van der Waals surface area (Å²) in [5.74, 6) is 0.415. The average molecular weight is 189 g/mol. The van der Waals surface area contributed by atoms with Crippen LogP contribution in [0.15, 0.2) is 42.5 Å². The molecular weight excluding hydrogens is 174 g/mol. The van der Waals surface area contributed by atoms with E-state index < -0.39 is 0 Å². The zero-order chi connectivity index (χ0) is 9.80. The molecule has 74 valence electrons. The van der Waals surface area contributed by atoms with E-state index in [4.69, 9.17) is 10.5 Å². The molecule has 14 heavy (non-hydrogen) atoms. The minimum absolute atomic E-state index is 0.200. The molecule has 0 fully saturated rings. The lowest BCUT2D eigenvalue weighted by Crippen LogP contribution is -2.36. The van der Waals surface area contributed by atoms with Gasteiger partial charge in [0.05, 0.1) is 13.2 Å². The molecule has 0 aliphatic heterocycles. The van der Waals surface area contributed by atoms with Crippen LogP contribution in [0.25, 0.3) is 0 Å². The molecule has 2 atom stereocenters. The average Bonchev–Trinajstić information content (AvgIpc) is 2.24. The van der Waals surface area contributed by atoms with Crippen molar-refractivity contribution in [3.63, 3.8) is 0 Å². The minimum Gasteiger partial charge on any atom is -0.376 e. The first kappa shape index (κ1) is 9.44. The van der Waals surface area contributed by atoms with E-state index in [2.05, 4.69) is 18.2 Å². The Morgan fingerprint density at radius 1 is 1.14 bits per heavy atom. The van der Waals surface area contributed by atoms with Gasteiger partial charge in [0.15, 0.2) is 0 Å². The van der Waals surface area contributed by atoms with Crippen LogP contribution in [0.1, 0.15) is 5.56 Å². The maximum atomic E-state index is 5.74. The van der Waals surface area contributed by atoms with E-state index in [0.29, 0.717) is 12.5 Å². The number of hydrogen-bond acceptors (Lipinski definition) is 2. The van der Waals surface area contributed by atoms with Gasteiger partial charge in [0.2, 0.25) is 0 Å². The quantitative estimate of drug-likeness (QED) is 0.732. The van der Waals surface area contributed by atoms with Crippen LogP contribution in [0.5, 0.6) is 0 Å². The van der Waals surface area contributed by atoms with E-state index in [0.717, 1.165) is 6.61 Å². The van der Waals surface area contributed by atoms with E-state index >= 15 is 0 Å². The van der Waals surface area contributed by atoms with Gasteiger partial charge in [-0.1, -0.05) is 42.5 Å². The molecule has 2 N–H and O–H groups in total. The second-order valence-electron chi connectivity index (χ2n) is 3.63. The molecule has 1 aromatic carbocycles. The summed E-state index contributed by atoms with van der Waals surface area (Å²) in [5, 5.41) is 0. The van der Waals surface area contributed by atoms with E-state index in [9.17, 15) is 0 Å². The van der Waals surface area contributed by atoms with Crippen LogP contribution in [0.4, 0.5) is 0 Å². The summed E-state index contributed by atoms with van der Waals surface area (Å²) in [4.78, 5) is 0. The van der Waals surface area contributed by atoms with Gasteiger partial charge < -0.3 is 10.5 Å². The number of nitrogens with two attached hydrogens (primary N) is 1. The fourth-order valence-electron chi connectivity index (χ4n) is 1.45. The first-order chi connectivity index (χ1) is 6.86. The molecule has 2 nitrogen and oxygen atoms in total. The molecule has 0 heterocycles. The Labute approximate surface area is 84.4 Å². The summed E-state index contributed by atoms with van der Waals surface area (Å²) >= 11 is 0. The Morgan fingerprint density at radius 3 is 2.50 bits per heavy atom. The van der Waals surface area contributed by atoms with Gasteiger partial charge in [-0.3, -0.25) is 0 Å². The van der Waals surface area contributed by atoms with Gasteiger partial charge in [-0.15, -0.1) is 0 Å². The summed E-state index contributed by atoms with van der Waals surface area (Å²) in [7, 11) is 0. The third-order valence-corrected chi connectivity index (χ3v) is 2.50. The lowest BCUT2D eigenvalue weighted by Gasteiger charge is -2.25. The van der Waals surface area contributed by atoms with Crippen molar-refractivity contribution in [3.8, 4) is 0 Å². The van der Waals surface area contributed by atoms with Crippen molar-refractivity contribution in [2.45, 2.75) is 12.6 Å². The summed E-state index contributed by atoms with van der Waals surface area (Å²) in [6, 6.07) is 10.4. The first-order valence-corrected chi connectivity index (χ1v) is 4.92. The van der Waals surface area contributed by atoms with Crippen molar-refractivity contribution in [1.29, 1.82) is 0 Å². The van der Waals surface area contributed by atoms with E-state index in [1.54, 1.807) is 0 Å². The van der Waals surface area contributed by atoms with Gasteiger partial charge in [0, 0.05) is 12.0 Å². The van der Waals surface area contributed by atoms with E-state index in [1.165, 1.54) is 5.56 Å². The third kappa shape index (κ3) is 2.22. The normalized spacial score (nSPS) is 24.6. The Bertz CT molecular complexity index is 307. The molecule has 2 rings (SSSR count). The van der Waals surface area contributed by atoms with Gasteiger partial charge in [-0.05, 0) is 5.56 Å². The molecule has 0 saturated heterocycles. The zero-order valence-electron chi connectivity index (χ0n) is 8.10. The fourth-order valence-corrected chi connectivity index (χ4v) is 1.45. The van der Waals surface area contributed by atoms with Crippen molar-refractivity contribution < 1.29 is 4.74 Å². The molecule has 0 spiro atoms. The zero-order valence-corrected chi connectivity index (χ0v) is 8.10. The smallest absolute Gasteiger partial charge is 0.0717 e. The number of rotatable bonds is 4. The highest BCUT2D eigenvalue weighted by Crippen LogP contribution is 2.16. The molecule has 1 aliphatic carbocycles. The number of hydrogen-bond donors (Lipinski definition) is 1. The SMILES string of the molecule is N[C@@H]1C=C[C@@H]1COCc1ccccc1. The fraction of sp³-hybridized carbons (Fsp3) is 0.333. The number of ether oxygens (including phenoxy) is 1. The number of benzene rings is 1. The second-order valence-corrected chi connectivity index (χ2v) is 3.63. The third-order valence-electron chi connectivity index (χ3n) is 2.50. The van der Waals surface area contributed by atoms with Crippen molar-refractivity contribution in [2.75, 3.05) is 6.61 Å². The van der Waals surface area contributed by atoms with Crippen LogP contribution >= 0.6 is 0 Å². The lowest BCUT2D eigenvalue weighted by atomic mass is 9.91. The Kier molecular flexibility index (Phi) is 2.96. The molecule has 0 radical (unpaired) electrons. The molecule has 1 aliphatic rings. The molecule has 0 aromatic heterocycles. The maximum absolute atomic E-state index is 5.74. The van der Waals surface area contributed by atoms with Gasteiger partial charge in [-0.2, -0.15) is 0 Å². The van der Waals surface area contributed by atoms with Crippen LogP contribution in [0, 0.1) is 5.92 Å². The van der Waals surface area contributed by atoms with Crippen LogP contribution < -0.4 is 5.73 Å². The summed E-state index contributed by atoms with van der Waals surface area (Å²) in [6.45, 7) is 1.41. The van der Waals surface area contributed by atoms with E-state index in [1.807, 2.05) is 24.3 Å². The topological polar surface area (TPSA) is 35.2 Å². The van der Waals surface area contributed by atoms with E-state index in [-0.39, 0.29) is 6.04 Å². The Hall–Kier alpha value is -1.12. The first-order valence-electron chi connectivity index (χ1n) is 4.92. The van der Waals surface area contributed by atoms with Crippen molar-refractivity contribution in [1.82, 2.24) is 0 Å². The Balaban J connectivity index is 1.71. The minimum atomic E-state index is 0.200. The molecular formula is C12H15NO. The standard InChI is InChI=1S/C12H15NO/c13-12-7-6-11(12)9-14-8-10-4-2-1-3-5-10/h1-7,11-12H,8-9,13H2/t11-,12-/m1/s1. The predicted molar refractivity (Wildman–Crippen MR) is 56.7 cm³/mol. The van der Waals surface area contributed by atoms with Crippen LogP contribution in [0.3, 0.4) is 0 Å². The summed E-state index contributed by atoms with van der Waals surface area (Å²) < 4.78 is 5.56. The van der Waals surface area contributed by atoms with Crippen LogP contribution in [-0.4, -0.2) is 12.6 Å². The molecule has 0 saturated carbocycles. The second kappa shape index (κ2) is 4.40. The predicted octanol–water partition coefficient (Wildman–Crippen LogP) is 1.72. The molecule has 2 heteroatoms. The highest BCUT2D eigenvalue weighted by molar-refractivity contribution is 5.14.